The number of rotatable bonds is 10. The first kappa shape index (κ1) is 22.6. The third kappa shape index (κ3) is 8.14. The normalized spacial score (nSPS) is 16.1. The van der Waals surface area contributed by atoms with Gasteiger partial charge in [0.25, 0.3) is 0 Å². The summed E-state index contributed by atoms with van der Waals surface area (Å²) >= 11 is 0. The van der Waals surface area contributed by atoms with E-state index in [1.54, 1.807) is 0 Å². The monoisotopic (exact) mass is 406 g/mol. The molecule has 1 aromatic heterocycles. The molecule has 160 valence electrons. The Labute approximate surface area is 163 Å². The number of alkyl halides is 3. The van der Waals surface area contributed by atoms with Crippen LogP contribution in [-0.4, -0.2) is 78.0 Å². The molecule has 0 bridgehead atoms. The van der Waals surface area contributed by atoms with Crippen molar-refractivity contribution in [2.75, 3.05) is 45.9 Å². The second-order valence-corrected chi connectivity index (χ2v) is 7.30. The summed E-state index contributed by atoms with van der Waals surface area (Å²) in [7, 11) is 0. The number of hydrogen-bond acceptors (Lipinski definition) is 6. The van der Waals surface area contributed by atoms with E-state index in [2.05, 4.69) is 19.8 Å². The minimum Gasteiger partial charge on any atom is -0.372 e. The topological polar surface area (TPSA) is 71.7 Å². The number of ether oxygens (including phenoxy) is 1. The molecule has 7 nitrogen and oxygen atoms in total. The summed E-state index contributed by atoms with van der Waals surface area (Å²) in [4.78, 5) is 20.6. The van der Waals surface area contributed by atoms with E-state index in [0.717, 1.165) is 13.1 Å². The number of amides is 1. The number of hydrogen-bond donors (Lipinski definition) is 0. The molecule has 0 spiro atoms. The Bertz CT molecular complexity index is 599. The standard InChI is InChI=1S/C18H29F3N4O3/c1-14(2)17-22-15(28-23-17)5-3-6-16(26)25-10-8-24(9-11-25)7-4-12-27-13-18(19,20)21/h14H,3-13H2,1-2H3. The van der Waals surface area contributed by atoms with E-state index in [1.165, 1.54) is 0 Å². The van der Waals surface area contributed by atoms with Crippen LogP contribution in [0.15, 0.2) is 4.52 Å². The van der Waals surface area contributed by atoms with E-state index in [0.29, 0.717) is 57.0 Å². The first-order valence-corrected chi connectivity index (χ1v) is 9.71. The summed E-state index contributed by atoms with van der Waals surface area (Å²) in [5, 5.41) is 3.91. The van der Waals surface area contributed by atoms with Gasteiger partial charge in [-0.25, -0.2) is 0 Å². The first-order valence-electron chi connectivity index (χ1n) is 9.71. The smallest absolute Gasteiger partial charge is 0.372 e. The Kier molecular flexibility index (Phi) is 8.68. The zero-order valence-electron chi connectivity index (χ0n) is 16.5. The molecule has 28 heavy (non-hydrogen) atoms. The molecule has 2 rings (SSSR count). The van der Waals surface area contributed by atoms with Crippen molar-refractivity contribution in [1.82, 2.24) is 19.9 Å². The molecule has 0 atom stereocenters. The zero-order chi connectivity index (χ0) is 20.6. The maximum Gasteiger partial charge on any atom is 0.411 e. The number of halogens is 3. The van der Waals surface area contributed by atoms with Crippen LogP contribution >= 0.6 is 0 Å². The van der Waals surface area contributed by atoms with Crippen LogP contribution in [-0.2, 0) is 16.0 Å². The van der Waals surface area contributed by atoms with Crippen molar-refractivity contribution >= 4 is 5.91 Å². The van der Waals surface area contributed by atoms with Crippen LogP contribution in [0.5, 0.6) is 0 Å². The van der Waals surface area contributed by atoms with E-state index < -0.39 is 12.8 Å². The molecule has 2 heterocycles. The van der Waals surface area contributed by atoms with Gasteiger partial charge in [0.2, 0.25) is 11.8 Å². The maximum absolute atomic E-state index is 12.3. The highest BCUT2D eigenvalue weighted by Crippen LogP contribution is 2.15. The summed E-state index contributed by atoms with van der Waals surface area (Å²) in [6.45, 7) is 6.29. The summed E-state index contributed by atoms with van der Waals surface area (Å²) in [6.07, 6.45) is -2.04. The predicted molar refractivity (Wildman–Crippen MR) is 95.8 cm³/mol. The maximum atomic E-state index is 12.3. The number of piperazine rings is 1. The van der Waals surface area contributed by atoms with Crippen LogP contribution in [0.3, 0.4) is 0 Å². The lowest BCUT2D eigenvalue weighted by atomic mass is 10.2. The lowest BCUT2D eigenvalue weighted by Crippen LogP contribution is -2.48. The van der Waals surface area contributed by atoms with Gasteiger partial charge in [0.1, 0.15) is 6.61 Å². The van der Waals surface area contributed by atoms with Gasteiger partial charge < -0.3 is 14.2 Å². The van der Waals surface area contributed by atoms with Crippen LogP contribution < -0.4 is 0 Å². The minimum absolute atomic E-state index is 0.0901. The minimum atomic E-state index is -4.27. The van der Waals surface area contributed by atoms with Gasteiger partial charge in [-0.1, -0.05) is 19.0 Å². The van der Waals surface area contributed by atoms with Crippen molar-refractivity contribution in [1.29, 1.82) is 0 Å². The van der Waals surface area contributed by atoms with Gasteiger partial charge in [-0.2, -0.15) is 18.2 Å². The van der Waals surface area contributed by atoms with Gasteiger partial charge in [0.15, 0.2) is 5.82 Å². The number of carbonyl (C=O) groups excluding carboxylic acids is 1. The Balaban J connectivity index is 1.56. The molecule has 1 saturated heterocycles. The van der Waals surface area contributed by atoms with Gasteiger partial charge in [-0.15, -0.1) is 0 Å². The molecule has 0 aliphatic carbocycles. The molecule has 0 N–H and O–H groups in total. The summed E-state index contributed by atoms with van der Waals surface area (Å²) in [5.74, 6) is 1.57. The Morgan fingerprint density at radius 2 is 1.93 bits per heavy atom. The largest absolute Gasteiger partial charge is 0.411 e. The molecule has 0 saturated carbocycles. The molecule has 10 heteroatoms. The third-order valence-corrected chi connectivity index (χ3v) is 4.54. The third-order valence-electron chi connectivity index (χ3n) is 4.54. The molecule has 0 radical (unpaired) electrons. The second kappa shape index (κ2) is 10.8. The van der Waals surface area contributed by atoms with Crippen LogP contribution in [0, 0.1) is 0 Å². The summed E-state index contributed by atoms with van der Waals surface area (Å²) in [6, 6.07) is 0. The molecule has 1 amide bonds. The second-order valence-electron chi connectivity index (χ2n) is 7.30. The van der Waals surface area contributed by atoms with E-state index in [1.807, 2.05) is 18.7 Å². The Morgan fingerprint density at radius 3 is 2.54 bits per heavy atom. The summed E-state index contributed by atoms with van der Waals surface area (Å²) < 4.78 is 45.8. The molecular formula is C18H29F3N4O3. The SMILES string of the molecule is CC(C)c1noc(CCCC(=O)N2CCN(CCCOCC(F)(F)F)CC2)n1. The Hall–Kier alpha value is -1.68. The van der Waals surface area contributed by atoms with Crippen LogP contribution in [0.4, 0.5) is 13.2 Å². The number of nitrogens with zero attached hydrogens (tertiary/aromatic N) is 4. The summed E-state index contributed by atoms with van der Waals surface area (Å²) in [5.41, 5.74) is 0. The number of aromatic nitrogens is 2. The number of aryl methyl sites for hydroxylation is 1. The fourth-order valence-corrected chi connectivity index (χ4v) is 2.95. The highest BCUT2D eigenvalue weighted by Gasteiger charge is 2.27. The molecule has 1 fully saturated rings. The lowest BCUT2D eigenvalue weighted by Gasteiger charge is -2.34. The molecule has 0 aromatic carbocycles. The fraction of sp³-hybridized carbons (Fsp3) is 0.833. The molecule has 1 aliphatic rings. The average Bonchev–Trinajstić information content (AvgIpc) is 3.10. The van der Waals surface area contributed by atoms with Crippen LogP contribution in [0.2, 0.25) is 0 Å². The first-order chi connectivity index (χ1) is 13.2. The highest BCUT2D eigenvalue weighted by molar-refractivity contribution is 5.76. The van der Waals surface area contributed by atoms with Gasteiger partial charge in [0, 0.05) is 58.1 Å². The predicted octanol–water partition coefficient (Wildman–Crippen LogP) is 2.63. The highest BCUT2D eigenvalue weighted by atomic mass is 19.4. The fourth-order valence-electron chi connectivity index (χ4n) is 2.95. The van der Waals surface area contributed by atoms with E-state index >= 15 is 0 Å². The van der Waals surface area contributed by atoms with E-state index in [9.17, 15) is 18.0 Å². The van der Waals surface area contributed by atoms with E-state index in [4.69, 9.17) is 4.52 Å². The number of carbonyl (C=O) groups is 1. The molecule has 1 aromatic rings. The van der Waals surface area contributed by atoms with Crippen LogP contribution in [0.25, 0.3) is 0 Å². The van der Waals surface area contributed by atoms with E-state index in [-0.39, 0.29) is 18.4 Å². The van der Waals surface area contributed by atoms with Gasteiger partial charge in [-0.05, 0) is 12.8 Å². The van der Waals surface area contributed by atoms with Gasteiger partial charge >= 0.3 is 6.18 Å². The van der Waals surface area contributed by atoms with Crippen LogP contribution in [0.1, 0.15) is 50.7 Å². The van der Waals surface area contributed by atoms with Crippen molar-refractivity contribution in [3.05, 3.63) is 11.7 Å². The van der Waals surface area contributed by atoms with Crippen molar-refractivity contribution in [3.63, 3.8) is 0 Å². The van der Waals surface area contributed by atoms with Crippen molar-refractivity contribution in [3.8, 4) is 0 Å². The van der Waals surface area contributed by atoms with Crippen molar-refractivity contribution < 1.29 is 27.2 Å². The van der Waals surface area contributed by atoms with Crippen molar-refractivity contribution in [2.45, 2.75) is 51.6 Å². The molecule has 0 unspecified atom stereocenters. The van der Waals surface area contributed by atoms with Crippen molar-refractivity contribution in [2.24, 2.45) is 0 Å². The zero-order valence-corrected chi connectivity index (χ0v) is 16.5. The molecule has 1 aliphatic heterocycles. The average molecular weight is 406 g/mol. The van der Waals surface area contributed by atoms with Gasteiger partial charge in [-0.3, -0.25) is 9.69 Å². The molecular weight excluding hydrogens is 377 g/mol. The lowest BCUT2D eigenvalue weighted by molar-refractivity contribution is -0.174. The van der Waals surface area contributed by atoms with Gasteiger partial charge in [0.05, 0.1) is 0 Å². The quantitative estimate of drug-likeness (QED) is 0.557. The Morgan fingerprint density at radius 1 is 1.21 bits per heavy atom.